The van der Waals surface area contributed by atoms with Crippen LogP contribution >= 0.6 is 0 Å². The van der Waals surface area contributed by atoms with Gasteiger partial charge in [0.05, 0.1) is 13.7 Å². The van der Waals surface area contributed by atoms with Crippen LogP contribution in [0.5, 0.6) is 0 Å². The topological polar surface area (TPSA) is 35.5 Å². The highest BCUT2D eigenvalue weighted by Crippen LogP contribution is 2.23. The second-order valence-electron chi connectivity index (χ2n) is 4.09. The molecule has 0 aliphatic rings. The number of hydrogen-bond acceptors (Lipinski definition) is 3. The number of benzene rings is 2. The van der Waals surface area contributed by atoms with Crippen molar-refractivity contribution in [3.63, 3.8) is 0 Å². The van der Waals surface area contributed by atoms with Crippen molar-refractivity contribution < 1.29 is 14.3 Å². The van der Waals surface area contributed by atoms with Crippen LogP contribution in [0.25, 0.3) is 11.1 Å². The molecule has 2 rings (SSSR count). The van der Waals surface area contributed by atoms with Crippen LogP contribution in [0.3, 0.4) is 0 Å². The first-order valence-corrected chi connectivity index (χ1v) is 6.09. The minimum Gasteiger partial charge on any atom is -0.467 e. The van der Waals surface area contributed by atoms with Crippen molar-refractivity contribution in [2.75, 3.05) is 13.7 Å². The number of ether oxygens (including phenoxy) is 2. The molecule has 3 heteroatoms. The van der Waals surface area contributed by atoms with Crippen molar-refractivity contribution in [2.45, 2.75) is 6.61 Å². The van der Waals surface area contributed by atoms with Crippen LogP contribution < -0.4 is 0 Å². The number of rotatable bonds is 5. The Morgan fingerprint density at radius 2 is 1.68 bits per heavy atom. The predicted molar refractivity (Wildman–Crippen MR) is 73.6 cm³/mol. The van der Waals surface area contributed by atoms with Gasteiger partial charge in [0.2, 0.25) is 0 Å². The van der Waals surface area contributed by atoms with Crippen LogP contribution in [0.1, 0.15) is 5.56 Å². The monoisotopic (exact) mass is 256 g/mol. The molecule has 19 heavy (non-hydrogen) atoms. The zero-order valence-corrected chi connectivity index (χ0v) is 10.8. The molecule has 0 heterocycles. The van der Waals surface area contributed by atoms with E-state index in [2.05, 4.69) is 16.9 Å². The fourth-order valence-corrected chi connectivity index (χ4v) is 1.85. The molecule has 0 amide bonds. The van der Waals surface area contributed by atoms with Crippen LogP contribution in [0, 0.1) is 0 Å². The van der Waals surface area contributed by atoms with E-state index in [0.29, 0.717) is 6.61 Å². The van der Waals surface area contributed by atoms with E-state index in [0.717, 1.165) is 16.7 Å². The molecule has 3 nitrogen and oxygen atoms in total. The van der Waals surface area contributed by atoms with Gasteiger partial charge in [-0.05, 0) is 16.7 Å². The lowest BCUT2D eigenvalue weighted by molar-refractivity contribution is -0.146. The van der Waals surface area contributed by atoms with Gasteiger partial charge in [-0.25, -0.2) is 4.79 Å². The lowest BCUT2D eigenvalue weighted by Crippen LogP contribution is -2.10. The van der Waals surface area contributed by atoms with E-state index >= 15 is 0 Å². The van der Waals surface area contributed by atoms with Crippen LogP contribution in [0.15, 0.2) is 54.6 Å². The molecule has 0 saturated carbocycles. The summed E-state index contributed by atoms with van der Waals surface area (Å²) in [6, 6.07) is 18.1. The van der Waals surface area contributed by atoms with Crippen LogP contribution in [0.4, 0.5) is 0 Å². The summed E-state index contributed by atoms with van der Waals surface area (Å²) in [4.78, 5) is 11.0. The molecule has 0 fully saturated rings. The lowest BCUT2D eigenvalue weighted by atomic mass is 10.0. The molecule has 2 aromatic rings. The van der Waals surface area contributed by atoms with E-state index in [1.807, 2.05) is 42.5 Å². The third-order valence-corrected chi connectivity index (χ3v) is 2.81. The molecule has 0 aliphatic carbocycles. The van der Waals surface area contributed by atoms with Gasteiger partial charge in [0.1, 0.15) is 6.61 Å². The van der Waals surface area contributed by atoms with Gasteiger partial charge in [-0.3, -0.25) is 0 Å². The molecule has 98 valence electrons. The molecular formula is C16H16O3. The first-order valence-electron chi connectivity index (χ1n) is 6.09. The molecule has 0 spiro atoms. The zero-order chi connectivity index (χ0) is 13.5. The maximum Gasteiger partial charge on any atom is 0.331 e. The van der Waals surface area contributed by atoms with Gasteiger partial charge >= 0.3 is 5.97 Å². The zero-order valence-electron chi connectivity index (χ0n) is 10.8. The van der Waals surface area contributed by atoms with Gasteiger partial charge in [-0.2, -0.15) is 0 Å². The quantitative estimate of drug-likeness (QED) is 0.771. The average molecular weight is 256 g/mol. The van der Waals surface area contributed by atoms with E-state index in [-0.39, 0.29) is 12.6 Å². The smallest absolute Gasteiger partial charge is 0.331 e. The number of carbonyl (C=O) groups excluding carboxylic acids is 1. The van der Waals surface area contributed by atoms with E-state index in [1.54, 1.807) is 0 Å². The van der Waals surface area contributed by atoms with Crippen molar-refractivity contribution in [1.29, 1.82) is 0 Å². The summed E-state index contributed by atoms with van der Waals surface area (Å²) in [5.41, 5.74) is 3.31. The number of methoxy groups -OCH3 is 1. The molecule has 0 saturated heterocycles. The predicted octanol–water partition coefficient (Wildman–Crippen LogP) is 3.04. The van der Waals surface area contributed by atoms with Gasteiger partial charge in [-0.15, -0.1) is 0 Å². The maximum atomic E-state index is 11.0. The molecule has 0 aromatic heterocycles. The van der Waals surface area contributed by atoms with Gasteiger partial charge in [0.25, 0.3) is 0 Å². The Bertz CT molecular complexity index is 535. The third kappa shape index (κ3) is 3.66. The minimum absolute atomic E-state index is 0.0282. The van der Waals surface area contributed by atoms with Crippen molar-refractivity contribution in [2.24, 2.45) is 0 Å². The normalized spacial score (nSPS) is 10.2. The molecule has 0 aliphatic heterocycles. The summed E-state index contributed by atoms with van der Waals surface area (Å²) in [5.74, 6) is -0.364. The summed E-state index contributed by atoms with van der Waals surface area (Å²) in [7, 11) is 1.35. The Labute approximate surface area is 112 Å². The SMILES string of the molecule is COC(=O)COCc1ccccc1-c1ccccc1. The fourth-order valence-electron chi connectivity index (χ4n) is 1.85. The summed E-state index contributed by atoms with van der Waals surface area (Å²) >= 11 is 0. The Balaban J connectivity index is 2.11. The highest BCUT2D eigenvalue weighted by Gasteiger charge is 2.05. The third-order valence-electron chi connectivity index (χ3n) is 2.81. The largest absolute Gasteiger partial charge is 0.467 e. The number of hydrogen-bond donors (Lipinski definition) is 0. The van der Waals surface area contributed by atoms with Crippen molar-refractivity contribution in [3.05, 3.63) is 60.2 Å². The highest BCUT2D eigenvalue weighted by molar-refractivity contribution is 5.70. The van der Waals surface area contributed by atoms with Gasteiger partial charge in [0.15, 0.2) is 0 Å². The fraction of sp³-hybridized carbons (Fsp3) is 0.188. The first-order chi connectivity index (χ1) is 9.31. The van der Waals surface area contributed by atoms with E-state index < -0.39 is 0 Å². The summed E-state index contributed by atoms with van der Waals surface area (Å²) in [6.07, 6.45) is 0. The number of esters is 1. The Kier molecular flexibility index (Phi) is 4.70. The van der Waals surface area contributed by atoms with Gasteiger partial charge in [0, 0.05) is 0 Å². The maximum absolute atomic E-state index is 11.0. The van der Waals surface area contributed by atoms with Crippen LogP contribution in [-0.2, 0) is 20.9 Å². The Morgan fingerprint density at radius 3 is 2.42 bits per heavy atom. The number of carbonyl (C=O) groups is 1. The van der Waals surface area contributed by atoms with Crippen molar-refractivity contribution in [3.8, 4) is 11.1 Å². The Morgan fingerprint density at radius 1 is 1.00 bits per heavy atom. The van der Waals surface area contributed by atoms with E-state index in [1.165, 1.54) is 7.11 Å². The van der Waals surface area contributed by atoms with E-state index in [4.69, 9.17) is 4.74 Å². The van der Waals surface area contributed by atoms with Gasteiger partial charge in [-0.1, -0.05) is 54.6 Å². The second kappa shape index (κ2) is 6.71. The van der Waals surface area contributed by atoms with Crippen molar-refractivity contribution >= 4 is 5.97 Å². The molecule has 0 radical (unpaired) electrons. The van der Waals surface area contributed by atoms with Crippen LogP contribution in [0.2, 0.25) is 0 Å². The minimum atomic E-state index is -0.364. The lowest BCUT2D eigenvalue weighted by Gasteiger charge is -2.09. The molecule has 0 bridgehead atoms. The second-order valence-corrected chi connectivity index (χ2v) is 4.09. The molecule has 2 aromatic carbocycles. The van der Waals surface area contributed by atoms with Gasteiger partial charge < -0.3 is 9.47 Å². The van der Waals surface area contributed by atoms with Crippen molar-refractivity contribution in [1.82, 2.24) is 0 Å². The summed E-state index contributed by atoms with van der Waals surface area (Å²) in [6.45, 7) is 0.361. The molecule has 0 N–H and O–H groups in total. The molecule has 0 atom stereocenters. The Hall–Kier alpha value is -2.13. The summed E-state index contributed by atoms with van der Waals surface area (Å²) in [5, 5.41) is 0. The first kappa shape index (κ1) is 13.3. The highest BCUT2D eigenvalue weighted by atomic mass is 16.6. The summed E-state index contributed by atoms with van der Waals surface area (Å²) < 4.78 is 9.90. The van der Waals surface area contributed by atoms with E-state index in [9.17, 15) is 4.79 Å². The van der Waals surface area contributed by atoms with Crippen LogP contribution in [-0.4, -0.2) is 19.7 Å². The standard InChI is InChI=1S/C16H16O3/c1-18-16(17)12-19-11-14-9-5-6-10-15(14)13-7-3-2-4-8-13/h2-10H,11-12H2,1H3. The average Bonchev–Trinajstić information content (AvgIpc) is 2.48. The molecular weight excluding hydrogens is 240 g/mol. The molecule has 0 unspecified atom stereocenters.